The Bertz CT molecular complexity index is 422. The second kappa shape index (κ2) is 3.33. The minimum absolute atomic E-state index is 0.139. The largest absolute Gasteiger partial charge is 0.507 e. The lowest BCUT2D eigenvalue weighted by Crippen LogP contribution is -1.91. The van der Waals surface area contributed by atoms with Crippen LogP contribution in [-0.2, 0) is 0 Å². The van der Waals surface area contributed by atoms with Crippen LogP contribution in [0.4, 0.5) is 5.69 Å². The molecule has 0 spiro atoms. The Morgan fingerprint density at radius 3 is 2.50 bits per heavy atom. The Morgan fingerprint density at radius 2 is 1.86 bits per heavy atom. The maximum atomic E-state index is 9.61. The Balaban J connectivity index is 2.63. The Labute approximate surface area is 81.1 Å². The first-order chi connectivity index (χ1) is 6.79. The molecular formula is C10H9N3O. The van der Waals surface area contributed by atoms with E-state index in [4.69, 9.17) is 5.73 Å². The van der Waals surface area contributed by atoms with E-state index in [0.717, 1.165) is 0 Å². The van der Waals surface area contributed by atoms with E-state index in [-0.39, 0.29) is 5.75 Å². The van der Waals surface area contributed by atoms with Crippen LogP contribution in [-0.4, -0.2) is 15.1 Å². The van der Waals surface area contributed by atoms with E-state index in [0.29, 0.717) is 16.8 Å². The smallest absolute Gasteiger partial charge is 0.125 e. The van der Waals surface area contributed by atoms with Crippen molar-refractivity contribution in [2.75, 3.05) is 5.73 Å². The number of nitrogen functional groups attached to an aromatic ring is 1. The molecule has 0 bridgehead atoms. The van der Waals surface area contributed by atoms with Crippen molar-refractivity contribution in [1.82, 2.24) is 9.97 Å². The van der Waals surface area contributed by atoms with Gasteiger partial charge in [0.25, 0.3) is 0 Å². The summed E-state index contributed by atoms with van der Waals surface area (Å²) in [6.07, 6.45) is 4.65. The lowest BCUT2D eigenvalue weighted by Gasteiger charge is -2.06. The van der Waals surface area contributed by atoms with Gasteiger partial charge in [-0.05, 0) is 12.1 Å². The molecule has 0 saturated heterocycles. The zero-order valence-electron chi connectivity index (χ0n) is 7.38. The number of aromatic nitrogens is 2. The predicted octanol–water partition coefficient (Wildman–Crippen LogP) is 1.43. The van der Waals surface area contributed by atoms with Crippen molar-refractivity contribution in [1.29, 1.82) is 0 Å². The van der Waals surface area contributed by atoms with Gasteiger partial charge in [-0.3, -0.25) is 0 Å². The molecule has 4 nitrogen and oxygen atoms in total. The average molecular weight is 187 g/mol. The third-order valence-corrected chi connectivity index (χ3v) is 1.92. The molecule has 0 atom stereocenters. The fraction of sp³-hybridized carbons (Fsp3) is 0. The van der Waals surface area contributed by atoms with Crippen molar-refractivity contribution >= 4 is 5.69 Å². The predicted molar refractivity (Wildman–Crippen MR) is 53.5 cm³/mol. The summed E-state index contributed by atoms with van der Waals surface area (Å²) < 4.78 is 0. The Kier molecular flexibility index (Phi) is 2.02. The van der Waals surface area contributed by atoms with E-state index in [1.54, 1.807) is 30.6 Å². The number of nitrogens with two attached hydrogens (primary N) is 1. The van der Waals surface area contributed by atoms with E-state index >= 15 is 0 Å². The topological polar surface area (TPSA) is 72.0 Å². The first kappa shape index (κ1) is 8.50. The summed E-state index contributed by atoms with van der Waals surface area (Å²) in [5, 5.41) is 9.61. The molecule has 2 aromatic rings. The van der Waals surface area contributed by atoms with Crippen molar-refractivity contribution in [2.45, 2.75) is 0 Å². The number of rotatable bonds is 1. The fourth-order valence-corrected chi connectivity index (χ4v) is 1.30. The van der Waals surface area contributed by atoms with Crippen LogP contribution in [0.2, 0.25) is 0 Å². The molecule has 1 aromatic carbocycles. The molecule has 1 aromatic heterocycles. The van der Waals surface area contributed by atoms with Crippen LogP contribution < -0.4 is 5.73 Å². The molecule has 1 heterocycles. The van der Waals surface area contributed by atoms with Gasteiger partial charge < -0.3 is 10.8 Å². The third-order valence-electron chi connectivity index (χ3n) is 1.92. The highest BCUT2D eigenvalue weighted by molar-refractivity contribution is 5.80. The van der Waals surface area contributed by atoms with Crippen molar-refractivity contribution in [2.24, 2.45) is 0 Å². The zero-order valence-corrected chi connectivity index (χ0v) is 7.38. The number of aromatic hydroxyl groups is 1. The molecule has 0 amide bonds. The van der Waals surface area contributed by atoms with Gasteiger partial charge in [0.05, 0.1) is 0 Å². The molecular weight excluding hydrogens is 178 g/mol. The highest BCUT2D eigenvalue weighted by Gasteiger charge is 2.07. The maximum absolute atomic E-state index is 9.61. The molecule has 3 N–H and O–H groups in total. The van der Waals surface area contributed by atoms with Gasteiger partial charge in [-0.1, -0.05) is 6.07 Å². The lowest BCUT2D eigenvalue weighted by molar-refractivity contribution is 0.477. The summed E-state index contributed by atoms with van der Waals surface area (Å²) in [6.45, 7) is 0. The quantitative estimate of drug-likeness (QED) is 0.662. The molecule has 70 valence electrons. The second-order valence-electron chi connectivity index (χ2n) is 2.87. The van der Waals surface area contributed by atoms with Gasteiger partial charge >= 0.3 is 0 Å². The van der Waals surface area contributed by atoms with Gasteiger partial charge in [0.15, 0.2) is 0 Å². The van der Waals surface area contributed by atoms with E-state index in [9.17, 15) is 5.11 Å². The number of phenols is 1. The second-order valence-corrected chi connectivity index (χ2v) is 2.87. The van der Waals surface area contributed by atoms with Crippen LogP contribution in [0.15, 0.2) is 36.9 Å². The summed E-state index contributed by atoms with van der Waals surface area (Å²) in [6, 6.07) is 5.00. The Hall–Kier alpha value is -2.10. The highest BCUT2D eigenvalue weighted by Crippen LogP contribution is 2.32. The van der Waals surface area contributed by atoms with E-state index in [1.165, 1.54) is 6.33 Å². The first-order valence-electron chi connectivity index (χ1n) is 4.12. The molecule has 14 heavy (non-hydrogen) atoms. The van der Waals surface area contributed by atoms with Crippen LogP contribution >= 0.6 is 0 Å². The number of nitrogens with zero attached hydrogens (tertiary/aromatic N) is 2. The SMILES string of the molecule is Nc1cccc(O)c1-c1cncnc1. The number of phenolic OH excluding ortho intramolecular Hbond substituents is 1. The standard InChI is InChI=1S/C10H9N3O/c11-8-2-1-3-9(14)10(8)7-4-12-6-13-5-7/h1-6,14H,11H2. The van der Waals surface area contributed by atoms with E-state index in [2.05, 4.69) is 9.97 Å². The monoisotopic (exact) mass is 187 g/mol. The van der Waals surface area contributed by atoms with Gasteiger partial charge in [-0.25, -0.2) is 9.97 Å². The van der Waals surface area contributed by atoms with Crippen LogP contribution in [0.1, 0.15) is 0 Å². The van der Waals surface area contributed by atoms with Crippen molar-refractivity contribution in [3.8, 4) is 16.9 Å². The number of hydrogen-bond acceptors (Lipinski definition) is 4. The van der Waals surface area contributed by atoms with Gasteiger partial charge in [-0.15, -0.1) is 0 Å². The first-order valence-corrected chi connectivity index (χ1v) is 4.12. The van der Waals surface area contributed by atoms with Crippen LogP contribution in [0.5, 0.6) is 5.75 Å². The molecule has 4 heteroatoms. The Morgan fingerprint density at radius 1 is 1.14 bits per heavy atom. The highest BCUT2D eigenvalue weighted by atomic mass is 16.3. The summed E-state index contributed by atoms with van der Waals surface area (Å²) >= 11 is 0. The van der Waals surface area contributed by atoms with E-state index < -0.39 is 0 Å². The summed E-state index contributed by atoms with van der Waals surface area (Å²) in [5.74, 6) is 0.139. The zero-order chi connectivity index (χ0) is 9.97. The molecule has 0 saturated carbocycles. The summed E-state index contributed by atoms with van der Waals surface area (Å²) in [7, 11) is 0. The van der Waals surface area contributed by atoms with Gasteiger partial charge in [-0.2, -0.15) is 0 Å². The van der Waals surface area contributed by atoms with Crippen LogP contribution in [0.3, 0.4) is 0 Å². The minimum Gasteiger partial charge on any atom is -0.507 e. The molecule has 0 radical (unpaired) electrons. The van der Waals surface area contributed by atoms with E-state index in [1.807, 2.05) is 0 Å². The number of hydrogen-bond donors (Lipinski definition) is 2. The molecule has 0 aliphatic heterocycles. The average Bonchev–Trinajstić information content (AvgIpc) is 2.19. The van der Waals surface area contributed by atoms with Crippen molar-refractivity contribution < 1.29 is 5.11 Å². The summed E-state index contributed by atoms with van der Waals surface area (Å²) in [5.41, 5.74) is 7.54. The summed E-state index contributed by atoms with van der Waals surface area (Å²) in [4.78, 5) is 7.73. The van der Waals surface area contributed by atoms with Gasteiger partial charge in [0, 0.05) is 29.2 Å². The molecule has 0 unspecified atom stereocenters. The maximum Gasteiger partial charge on any atom is 0.125 e. The van der Waals surface area contributed by atoms with Crippen molar-refractivity contribution in [3.63, 3.8) is 0 Å². The van der Waals surface area contributed by atoms with Crippen LogP contribution in [0.25, 0.3) is 11.1 Å². The van der Waals surface area contributed by atoms with Gasteiger partial charge in [0.1, 0.15) is 12.1 Å². The third kappa shape index (κ3) is 1.37. The minimum atomic E-state index is 0.139. The van der Waals surface area contributed by atoms with Crippen molar-refractivity contribution in [3.05, 3.63) is 36.9 Å². The molecule has 0 aliphatic rings. The molecule has 0 fully saturated rings. The molecule has 2 rings (SSSR count). The fourth-order valence-electron chi connectivity index (χ4n) is 1.30. The number of anilines is 1. The van der Waals surface area contributed by atoms with Gasteiger partial charge in [0.2, 0.25) is 0 Å². The normalized spacial score (nSPS) is 10.0. The molecule has 0 aliphatic carbocycles. The van der Waals surface area contributed by atoms with Crippen LogP contribution in [0, 0.1) is 0 Å². The number of benzene rings is 1. The lowest BCUT2D eigenvalue weighted by atomic mass is 10.1.